The highest BCUT2D eigenvalue weighted by Crippen LogP contribution is 2.02. The van der Waals surface area contributed by atoms with E-state index in [1.807, 2.05) is 6.92 Å². The van der Waals surface area contributed by atoms with Crippen LogP contribution in [0.1, 0.15) is 6.92 Å². The van der Waals surface area contributed by atoms with Crippen LogP contribution in [-0.2, 0) is 0 Å². The molecule has 0 aromatic carbocycles. The van der Waals surface area contributed by atoms with Crippen LogP contribution in [0.5, 0.6) is 0 Å². The summed E-state index contributed by atoms with van der Waals surface area (Å²) in [5.41, 5.74) is 12.0. The summed E-state index contributed by atoms with van der Waals surface area (Å²) < 4.78 is 0. The van der Waals surface area contributed by atoms with Crippen LogP contribution < -0.4 is 16.8 Å². The average molecular weight is 167 g/mol. The normalized spacial score (nSPS) is 28.8. The second-order valence-electron chi connectivity index (χ2n) is 2.58. The molecule has 0 amide bonds. The largest absolute Gasteiger partial charge is 0.369 e. The van der Waals surface area contributed by atoms with Gasteiger partial charge in [0, 0.05) is 5.71 Å². The van der Waals surface area contributed by atoms with Crippen LogP contribution in [0, 0.1) is 0 Å². The predicted molar refractivity (Wildman–Crippen MR) is 49.8 cm³/mol. The van der Waals surface area contributed by atoms with Crippen molar-refractivity contribution in [2.24, 2.45) is 21.5 Å². The number of nitrogens with two attached hydrogens (primary N) is 2. The minimum atomic E-state index is -0.236. The second kappa shape index (κ2) is 3.36. The van der Waals surface area contributed by atoms with E-state index in [0.717, 1.165) is 5.71 Å². The number of nitrogens with zero attached hydrogens (tertiary/aromatic N) is 2. The molecule has 0 saturated carbocycles. The molecule has 1 heterocycles. The minimum absolute atomic E-state index is 0.227. The fourth-order valence-corrected chi connectivity index (χ4v) is 0.997. The SMILES string of the molecule is C=CNC1N=C(N)N=C(C)C1N. The molecule has 0 fully saturated rings. The van der Waals surface area contributed by atoms with Gasteiger partial charge in [0.25, 0.3) is 0 Å². The molecule has 2 atom stereocenters. The Kier molecular flexibility index (Phi) is 2.44. The molecule has 5 heteroatoms. The van der Waals surface area contributed by atoms with Crippen molar-refractivity contribution < 1.29 is 0 Å². The molecule has 0 aromatic heterocycles. The first-order chi connectivity index (χ1) is 5.65. The van der Waals surface area contributed by atoms with Crippen molar-refractivity contribution in [1.82, 2.24) is 5.32 Å². The summed E-state index contributed by atoms with van der Waals surface area (Å²) in [6, 6.07) is -0.227. The summed E-state index contributed by atoms with van der Waals surface area (Å²) in [6.07, 6.45) is 1.31. The zero-order valence-corrected chi connectivity index (χ0v) is 6.99. The van der Waals surface area contributed by atoms with Gasteiger partial charge < -0.3 is 16.8 Å². The number of aliphatic imine (C=N–C) groups is 2. The number of hydrogen-bond acceptors (Lipinski definition) is 5. The Labute approximate surface area is 71.3 Å². The predicted octanol–water partition coefficient (Wildman–Crippen LogP) is -0.838. The average Bonchev–Trinajstić information content (AvgIpc) is 2.00. The topological polar surface area (TPSA) is 88.8 Å². The lowest BCUT2D eigenvalue weighted by Gasteiger charge is -2.23. The van der Waals surface area contributed by atoms with E-state index >= 15 is 0 Å². The second-order valence-corrected chi connectivity index (χ2v) is 2.58. The maximum Gasteiger partial charge on any atom is 0.217 e. The summed E-state index contributed by atoms with van der Waals surface area (Å²) in [4.78, 5) is 7.94. The third kappa shape index (κ3) is 1.62. The van der Waals surface area contributed by atoms with Crippen molar-refractivity contribution in [1.29, 1.82) is 0 Å². The Balaban J connectivity index is 2.78. The first-order valence-corrected chi connectivity index (χ1v) is 3.66. The first-order valence-electron chi connectivity index (χ1n) is 3.66. The van der Waals surface area contributed by atoms with Gasteiger partial charge in [-0.25, -0.2) is 9.98 Å². The molecular weight excluding hydrogens is 154 g/mol. The van der Waals surface area contributed by atoms with Crippen molar-refractivity contribution in [2.75, 3.05) is 0 Å². The first kappa shape index (κ1) is 8.73. The summed E-state index contributed by atoms with van der Waals surface area (Å²) in [7, 11) is 0. The Morgan fingerprint density at radius 1 is 1.67 bits per heavy atom. The number of guanidine groups is 1. The van der Waals surface area contributed by atoms with Crippen LogP contribution in [-0.4, -0.2) is 23.9 Å². The Morgan fingerprint density at radius 2 is 2.33 bits per heavy atom. The van der Waals surface area contributed by atoms with Crippen molar-refractivity contribution >= 4 is 11.7 Å². The summed E-state index contributed by atoms with van der Waals surface area (Å²) >= 11 is 0. The van der Waals surface area contributed by atoms with Crippen molar-refractivity contribution in [3.63, 3.8) is 0 Å². The van der Waals surface area contributed by atoms with Gasteiger partial charge in [0.2, 0.25) is 5.96 Å². The van der Waals surface area contributed by atoms with E-state index in [4.69, 9.17) is 11.5 Å². The van der Waals surface area contributed by atoms with Crippen LogP contribution in [0.2, 0.25) is 0 Å². The van der Waals surface area contributed by atoms with Gasteiger partial charge in [0.05, 0.1) is 6.04 Å². The maximum absolute atomic E-state index is 5.77. The molecule has 12 heavy (non-hydrogen) atoms. The molecule has 5 nitrogen and oxygen atoms in total. The highest BCUT2D eigenvalue weighted by molar-refractivity contribution is 6.00. The standard InChI is InChI=1S/C7H13N5/c1-3-10-6-5(8)4(2)11-7(9)12-6/h3,5-6,10H,1,8H2,2H3,(H2,9,12). The van der Waals surface area contributed by atoms with Crippen LogP contribution in [0.25, 0.3) is 0 Å². The van der Waals surface area contributed by atoms with Gasteiger partial charge in [-0.2, -0.15) is 0 Å². The summed E-state index contributed by atoms with van der Waals surface area (Å²) in [6.45, 7) is 5.35. The van der Waals surface area contributed by atoms with E-state index in [0.29, 0.717) is 0 Å². The van der Waals surface area contributed by atoms with Gasteiger partial charge in [0.15, 0.2) is 0 Å². The van der Waals surface area contributed by atoms with Crippen LogP contribution in [0.4, 0.5) is 0 Å². The highest BCUT2D eigenvalue weighted by Gasteiger charge is 2.22. The molecule has 1 aliphatic rings. The van der Waals surface area contributed by atoms with Gasteiger partial charge in [-0.05, 0) is 13.1 Å². The lowest BCUT2D eigenvalue weighted by Crippen LogP contribution is -2.49. The van der Waals surface area contributed by atoms with E-state index in [1.54, 1.807) is 6.20 Å². The quantitative estimate of drug-likeness (QED) is 0.501. The zero-order valence-electron chi connectivity index (χ0n) is 6.99. The smallest absolute Gasteiger partial charge is 0.217 e. The summed E-state index contributed by atoms with van der Waals surface area (Å²) in [5.74, 6) is 0.258. The van der Waals surface area contributed by atoms with Crippen LogP contribution in [0.15, 0.2) is 22.8 Å². The Bertz CT molecular complexity index is 242. The Hall–Kier alpha value is -1.36. The van der Waals surface area contributed by atoms with Gasteiger partial charge >= 0.3 is 0 Å². The third-order valence-electron chi connectivity index (χ3n) is 1.67. The number of hydrogen-bond donors (Lipinski definition) is 3. The van der Waals surface area contributed by atoms with E-state index in [9.17, 15) is 0 Å². The Morgan fingerprint density at radius 3 is 2.92 bits per heavy atom. The van der Waals surface area contributed by atoms with E-state index in [1.165, 1.54) is 0 Å². The van der Waals surface area contributed by atoms with Crippen LogP contribution >= 0.6 is 0 Å². The summed E-state index contributed by atoms with van der Waals surface area (Å²) in [5, 5.41) is 2.89. The van der Waals surface area contributed by atoms with Gasteiger partial charge in [-0.15, -0.1) is 0 Å². The third-order valence-corrected chi connectivity index (χ3v) is 1.67. The fraction of sp³-hybridized carbons (Fsp3) is 0.429. The molecule has 2 unspecified atom stereocenters. The molecule has 66 valence electrons. The molecule has 0 bridgehead atoms. The monoisotopic (exact) mass is 167 g/mol. The van der Waals surface area contributed by atoms with Crippen molar-refractivity contribution in [3.8, 4) is 0 Å². The van der Waals surface area contributed by atoms with Gasteiger partial charge in [-0.3, -0.25) is 0 Å². The van der Waals surface area contributed by atoms with Crippen molar-refractivity contribution in [3.05, 3.63) is 12.8 Å². The molecular formula is C7H13N5. The van der Waals surface area contributed by atoms with Gasteiger partial charge in [0.1, 0.15) is 6.17 Å². The molecule has 0 aromatic rings. The molecule has 5 N–H and O–H groups in total. The zero-order chi connectivity index (χ0) is 9.14. The van der Waals surface area contributed by atoms with E-state index in [-0.39, 0.29) is 18.2 Å². The molecule has 0 aliphatic carbocycles. The highest BCUT2D eigenvalue weighted by atomic mass is 15.2. The fourth-order valence-electron chi connectivity index (χ4n) is 0.997. The maximum atomic E-state index is 5.77. The molecule has 0 radical (unpaired) electrons. The van der Waals surface area contributed by atoms with E-state index in [2.05, 4.69) is 21.9 Å². The molecule has 1 aliphatic heterocycles. The number of nitrogens with one attached hydrogen (secondary N) is 1. The molecule has 1 rings (SSSR count). The molecule has 0 spiro atoms. The van der Waals surface area contributed by atoms with Crippen LogP contribution in [0.3, 0.4) is 0 Å². The van der Waals surface area contributed by atoms with E-state index < -0.39 is 0 Å². The lowest BCUT2D eigenvalue weighted by molar-refractivity contribution is 0.563. The minimum Gasteiger partial charge on any atom is -0.369 e. The van der Waals surface area contributed by atoms with Crippen molar-refractivity contribution in [2.45, 2.75) is 19.1 Å². The molecule has 0 saturated heterocycles. The number of rotatable bonds is 2. The lowest BCUT2D eigenvalue weighted by atomic mass is 10.1. The van der Waals surface area contributed by atoms with Gasteiger partial charge in [-0.1, -0.05) is 6.58 Å².